The van der Waals surface area contributed by atoms with E-state index in [0.29, 0.717) is 42.2 Å². The molecule has 1 aromatic carbocycles. The average Bonchev–Trinajstić information content (AvgIpc) is 2.95. The molecule has 2 aliphatic rings. The molecule has 0 aliphatic carbocycles. The number of carbonyl (C=O) groups excluding carboxylic acids is 1. The topological polar surface area (TPSA) is 83.0 Å². The van der Waals surface area contributed by atoms with Gasteiger partial charge in [-0.25, -0.2) is 0 Å². The van der Waals surface area contributed by atoms with Crippen LogP contribution in [-0.2, 0) is 21.5 Å². The molecule has 214 valence electrons. The minimum absolute atomic E-state index is 0.0880. The third-order valence-electron chi connectivity index (χ3n) is 8.25. The first kappa shape index (κ1) is 29.3. The van der Waals surface area contributed by atoms with Gasteiger partial charge in [-0.3, -0.25) is 4.79 Å². The molecule has 3 heterocycles. The Kier molecular flexibility index (Phi) is 9.83. The van der Waals surface area contributed by atoms with Crippen molar-refractivity contribution in [3.8, 4) is 11.9 Å². The summed E-state index contributed by atoms with van der Waals surface area (Å²) in [5.41, 5.74) is 3.39. The molecule has 4 rings (SSSR count). The van der Waals surface area contributed by atoms with Crippen LogP contribution in [-0.4, -0.2) is 67.4 Å². The van der Waals surface area contributed by atoms with Gasteiger partial charge in [0.1, 0.15) is 12.3 Å². The van der Waals surface area contributed by atoms with Gasteiger partial charge in [0.2, 0.25) is 5.88 Å². The zero-order chi connectivity index (χ0) is 28.0. The number of likely N-dealkylation sites (tertiary alicyclic amines) is 1. The van der Waals surface area contributed by atoms with Crippen LogP contribution in [0, 0.1) is 18.8 Å². The van der Waals surface area contributed by atoms with Crippen molar-refractivity contribution in [3.05, 3.63) is 46.6 Å². The van der Waals surface area contributed by atoms with Gasteiger partial charge >= 0.3 is 6.01 Å². The summed E-state index contributed by atoms with van der Waals surface area (Å²) >= 11 is 0. The number of rotatable bonds is 9. The summed E-state index contributed by atoms with van der Waals surface area (Å²) in [6.45, 7) is 11.8. The van der Waals surface area contributed by atoms with Crippen LogP contribution >= 0.6 is 0 Å². The standard InChI is InChI=1S/C31H45N3O5/c1-21-27(29(35)34-16-13-22(14-17-34)7-10-24-15-18-38-20-26(24)36-5)32-30(37-6)33-28(21)39-19-23-8-11-25(12-9-23)31(2,3)4/h8-9,11-12,22,24,26H,7,10,13-20H2,1-6H3/t24-,26+/m0/s1. The van der Waals surface area contributed by atoms with Crippen LogP contribution in [0.5, 0.6) is 11.9 Å². The number of methoxy groups -OCH3 is 2. The molecule has 2 saturated heterocycles. The molecule has 0 saturated carbocycles. The molecular weight excluding hydrogens is 494 g/mol. The van der Waals surface area contributed by atoms with Gasteiger partial charge in [0.05, 0.1) is 19.8 Å². The number of piperidine rings is 1. The fourth-order valence-electron chi connectivity index (χ4n) is 5.54. The zero-order valence-corrected chi connectivity index (χ0v) is 24.5. The van der Waals surface area contributed by atoms with Gasteiger partial charge in [-0.2, -0.15) is 9.97 Å². The monoisotopic (exact) mass is 539 g/mol. The van der Waals surface area contributed by atoms with Crippen molar-refractivity contribution in [2.24, 2.45) is 11.8 Å². The number of benzene rings is 1. The number of hydrogen-bond donors (Lipinski definition) is 0. The molecule has 2 fully saturated rings. The Hall–Kier alpha value is -2.71. The summed E-state index contributed by atoms with van der Waals surface area (Å²) in [5.74, 6) is 1.48. The highest BCUT2D eigenvalue weighted by Gasteiger charge is 2.30. The van der Waals surface area contributed by atoms with Crippen molar-refractivity contribution in [2.75, 3.05) is 40.5 Å². The third kappa shape index (κ3) is 7.48. The van der Waals surface area contributed by atoms with Crippen LogP contribution in [0.1, 0.15) is 80.1 Å². The Morgan fingerprint density at radius 2 is 1.77 bits per heavy atom. The van der Waals surface area contributed by atoms with E-state index >= 15 is 0 Å². The van der Waals surface area contributed by atoms with Crippen LogP contribution < -0.4 is 9.47 Å². The first-order valence-corrected chi connectivity index (χ1v) is 14.2. The average molecular weight is 540 g/mol. The lowest BCUT2D eigenvalue weighted by Gasteiger charge is -2.34. The molecule has 0 N–H and O–H groups in total. The lowest BCUT2D eigenvalue weighted by Crippen LogP contribution is -2.40. The SMILES string of the molecule is COc1nc(OCc2ccc(C(C)(C)C)cc2)c(C)c(C(=O)N2CCC(CC[C@H]3CCOC[C@H]3OC)CC2)n1. The summed E-state index contributed by atoms with van der Waals surface area (Å²) in [4.78, 5) is 24.3. The van der Waals surface area contributed by atoms with Crippen molar-refractivity contribution in [1.82, 2.24) is 14.9 Å². The van der Waals surface area contributed by atoms with Crippen LogP contribution in [0.2, 0.25) is 0 Å². The van der Waals surface area contributed by atoms with Gasteiger partial charge in [-0.15, -0.1) is 0 Å². The van der Waals surface area contributed by atoms with Gasteiger partial charge in [-0.05, 0) is 67.4 Å². The van der Waals surface area contributed by atoms with E-state index in [1.165, 1.54) is 19.1 Å². The van der Waals surface area contributed by atoms with Crippen molar-refractivity contribution in [3.63, 3.8) is 0 Å². The Morgan fingerprint density at radius 3 is 2.41 bits per heavy atom. The highest BCUT2D eigenvalue weighted by molar-refractivity contribution is 5.94. The number of aromatic nitrogens is 2. The smallest absolute Gasteiger partial charge is 0.320 e. The lowest BCUT2D eigenvalue weighted by atomic mass is 9.85. The van der Waals surface area contributed by atoms with E-state index in [1.54, 1.807) is 7.11 Å². The molecule has 2 aliphatic heterocycles. The molecule has 0 spiro atoms. The summed E-state index contributed by atoms with van der Waals surface area (Å²) in [6, 6.07) is 8.54. The molecule has 0 unspecified atom stereocenters. The van der Waals surface area contributed by atoms with Crippen molar-refractivity contribution >= 4 is 5.91 Å². The molecule has 2 atom stereocenters. The Labute approximate surface area is 233 Å². The van der Waals surface area contributed by atoms with E-state index in [-0.39, 0.29) is 23.4 Å². The van der Waals surface area contributed by atoms with E-state index in [4.69, 9.17) is 18.9 Å². The molecular formula is C31H45N3O5. The molecule has 1 aromatic heterocycles. The van der Waals surface area contributed by atoms with Crippen LogP contribution in [0.25, 0.3) is 0 Å². The van der Waals surface area contributed by atoms with Gasteiger partial charge < -0.3 is 23.8 Å². The maximum atomic E-state index is 13.5. The third-order valence-corrected chi connectivity index (χ3v) is 8.25. The van der Waals surface area contributed by atoms with E-state index in [1.807, 2.05) is 11.8 Å². The summed E-state index contributed by atoms with van der Waals surface area (Å²) in [5, 5.41) is 0. The van der Waals surface area contributed by atoms with Gasteiger partial charge in [0.25, 0.3) is 5.91 Å². The number of nitrogens with zero attached hydrogens (tertiary/aromatic N) is 3. The number of amides is 1. The predicted molar refractivity (Wildman–Crippen MR) is 150 cm³/mol. The maximum Gasteiger partial charge on any atom is 0.320 e. The quantitative estimate of drug-likeness (QED) is 0.425. The fourth-order valence-corrected chi connectivity index (χ4v) is 5.54. The first-order valence-electron chi connectivity index (χ1n) is 14.2. The molecule has 8 heteroatoms. The first-order chi connectivity index (χ1) is 18.7. The van der Waals surface area contributed by atoms with E-state index in [2.05, 4.69) is 55.0 Å². The van der Waals surface area contributed by atoms with E-state index < -0.39 is 0 Å². The second-order valence-corrected chi connectivity index (χ2v) is 11.9. The number of hydrogen-bond acceptors (Lipinski definition) is 7. The van der Waals surface area contributed by atoms with Crippen molar-refractivity contribution in [1.29, 1.82) is 0 Å². The Bertz CT molecular complexity index is 1090. The summed E-state index contributed by atoms with van der Waals surface area (Å²) < 4.78 is 22.6. The highest BCUT2D eigenvalue weighted by Crippen LogP contribution is 2.30. The molecule has 39 heavy (non-hydrogen) atoms. The molecule has 0 radical (unpaired) electrons. The maximum absolute atomic E-state index is 13.5. The van der Waals surface area contributed by atoms with Gasteiger partial charge in [0, 0.05) is 32.4 Å². The van der Waals surface area contributed by atoms with Crippen LogP contribution in [0.15, 0.2) is 24.3 Å². The second-order valence-electron chi connectivity index (χ2n) is 11.9. The molecule has 1 amide bonds. The largest absolute Gasteiger partial charge is 0.472 e. The fraction of sp³-hybridized carbons (Fsp3) is 0.645. The van der Waals surface area contributed by atoms with Gasteiger partial charge in [-0.1, -0.05) is 45.0 Å². The summed E-state index contributed by atoms with van der Waals surface area (Å²) in [7, 11) is 3.28. The van der Waals surface area contributed by atoms with Crippen LogP contribution in [0.4, 0.5) is 0 Å². The molecule has 2 aromatic rings. The van der Waals surface area contributed by atoms with Crippen molar-refractivity contribution < 1.29 is 23.7 Å². The highest BCUT2D eigenvalue weighted by atomic mass is 16.5. The Balaban J connectivity index is 1.35. The number of ether oxygens (including phenoxy) is 4. The summed E-state index contributed by atoms with van der Waals surface area (Å²) in [6.07, 6.45) is 5.60. The van der Waals surface area contributed by atoms with E-state index in [9.17, 15) is 4.79 Å². The van der Waals surface area contributed by atoms with Crippen LogP contribution in [0.3, 0.4) is 0 Å². The Morgan fingerprint density at radius 1 is 1.05 bits per heavy atom. The zero-order valence-electron chi connectivity index (χ0n) is 24.5. The lowest BCUT2D eigenvalue weighted by molar-refractivity contribution is -0.0689. The number of carbonyl (C=O) groups is 1. The molecule has 0 bridgehead atoms. The van der Waals surface area contributed by atoms with E-state index in [0.717, 1.165) is 50.9 Å². The minimum Gasteiger partial charge on any atom is -0.472 e. The van der Waals surface area contributed by atoms with Crippen molar-refractivity contribution in [2.45, 2.75) is 77.9 Å². The predicted octanol–water partition coefficient (Wildman–Crippen LogP) is 5.35. The normalized spacial score (nSPS) is 20.6. The second kappa shape index (κ2) is 13.1. The van der Waals surface area contributed by atoms with Gasteiger partial charge in [0.15, 0.2) is 0 Å². The minimum atomic E-state index is -0.0880. The molecule has 8 nitrogen and oxygen atoms in total.